The molecule has 0 aliphatic carbocycles. The average Bonchev–Trinajstić information content (AvgIpc) is 3.26. The van der Waals surface area contributed by atoms with Gasteiger partial charge in [-0.1, -0.05) is 0 Å². The van der Waals surface area contributed by atoms with Crippen LogP contribution in [-0.4, -0.2) is 23.9 Å². The summed E-state index contributed by atoms with van der Waals surface area (Å²) in [5.74, 6) is -1.59. The largest absolute Gasteiger partial charge is 0.508 e. The molecule has 2 heterocycles. The highest BCUT2D eigenvalue weighted by Crippen LogP contribution is 2.54. The number of hydrogen-bond donors (Lipinski definition) is 1. The molecule has 0 radical (unpaired) electrons. The number of fused-ring (bicyclic) bond motifs is 1. The molecule has 3 rings (SSSR count). The average molecular weight is 342 g/mol. The van der Waals surface area contributed by atoms with E-state index in [-0.39, 0.29) is 17.6 Å². The SMILES string of the molecule is CCOC(=O)c1cc2c(C3(C(F)(F)F)N=N3)cc(O)cc2oc1=O. The minimum absolute atomic E-state index is 0.0318. The Bertz CT molecular complexity index is 926. The van der Waals surface area contributed by atoms with Crippen molar-refractivity contribution in [1.82, 2.24) is 0 Å². The molecule has 0 atom stereocenters. The van der Waals surface area contributed by atoms with Crippen LogP contribution in [0.1, 0.15) is 22.8 Å². The molecular weight excluding hydrogens is 333 g/mol. The Morgan fingerprint density at radius 3 is 2.54 bits per heavy atom. The number of carbonyl (C=O) groups is 1. The zero-order valence-corrected chi connectivity index (χ0v) is 12.0. The van der Waals surface area contributed by atoms with E-state index in [1.54, 1.807) is 0 Å². The molecule has 10 heteroatoms. The number of hydrogen-bond acceptors (Lipinski definition) is 7. The lowest BCUT2D eigenvalue weighted by Crippen LogP contribution is -2.30. The molecule has 2 aromatic rings. The highest BCUT2D eigenvalue weighted by molar-refractivity contribution is 5.94. The third kappa shape index (κ3) is 2.30. The van der Waals surface area contributed by atoms with Crippen molar-refractivity contribution in [2.45, 2.75) is 18.8 Å². The third-order valence-corrected chi connectivity index (χ3v) is 3.40. The molecule has 1 N–H and O–H groups in total. The van der Waals surface area contributed by atoms with Crippen LogP contribution < -0.4 is 5.63 Å². The van der Waals surface area contributed by atoms with Crippen LogP contribution in [0.15, 0.2) is 37.6 Å². The van der Waals surface area contributed by atoms with Crippen molar-refractivity contribution in [3.8, 4) is 5.75 Å². The van der Waals surface area contributed by atoms with E-state index < -0.39 is 40.3 Å². The third-order valence-electron chi connectivity index (χ3n) is 3.40. The first-order chi connectivity index (χ1) is 11.2. The molecule has 7 nitrogen and oxygen atoms in total. The molecule has 1 aromatic heterocycles. The van der Waals surface area contributed by atoms with E-state index in [1.165, 1.54) is 6.92 Å². The van der Waals surface area contributed by atoms with E-state index in [9.17, 15) is 27.9 Å². The van der Waals surface area contributed by atoms with Gasteiger partial charge in [-0.2, -0.15) is 13.2 Å². The Morgan fingerprint density at radius 1 is 1.33 bits per heavy atom. The van der Waals surface area contributed by atoms with Gasteiger partial charge in [0.25, 0.3) is 0 Å². The lowest BCUT2D eigenvalue weighted by molar-refractivity contribution is -0.165. The fourth-order valence-electron chi connectivity index (χ4n) is 2.27. The van der Waals surface area contributed by atoms with Gasteiger partial charge in [0.15, 0.2) is 0 Å². The van der Waals surface area contributed by atoms with Crippen molar-refractivity contribution in [2.75, 3.05) is 6.61 Å². The Hall–Kier alpha value is -2.91. The second kappa shape index (κ2) is 5.05. The number of alkyl halides is 3. The van der Waals surface area contributed by atoms with E-state index in [1.807, 2.05) is 0 Å². The number of phenolic OH excluding ortho intramolecular Hbond substituents is 1. The lowest BCUT2D eigenvalue weighted by atomic mass is 9.97. The molecule has 0 amide bonds. The Morgan fingerprint density at radius 2 is 2.00 bits per heavy atom. The first-order valence-corrected chi connectivity index (χ1v) is 6.69. The predicted octanol–water partition coefficient (Wildman–Crippen LogP) is 2.86. The molecule has 0 unspecified atom stereocenters. The Kier molecular flexibility index (Phi) is 3.36. The number of rotatable bonds is 3. The van der Waals surface area contributed by atoms with Crippen molar-refractivity contribution in [3.05, 3.63) is 39.7 Å². The van der Waals surface area contributed by atoms with Gasteiger partial charge in [0.1, 0.15) is 16.9 Å². The molecule has 1 aromatic carbocycles. The summed E-state index contributed by atoms with van der Waals surface area (Å²) in [7, 11) is 0. The zero-order valence-electron chi connectivity index (χ0n) is 12.0. The molecule has 126 valence electrons. The van der Waals surface area contributed by atoms with Gasteiger partial charge in [-0.15, -0.1) is 10.2 Å². The van der Waals surface area contributed by atoms with Crippen LogP contribution in [-0.2, 0) is 10.4 Å². The number of esters is 1. The summed E-state index contributed by atoms with van der Waals surface area (Å²) >= 11 is 0. The summed E-state index contributed by atoms with van der Waals surface area (Å²) in [6, 6.07) is 2.69. The van der Waals surface area contributed by atoms with Crippen molar-refractivity contribution < 1.29 is 32.2 Å². The molecular formula is C14H9F3N2O5. The monoisotopic (exact) mass is 342 g/mol. The number of phenols is 1. The van der Waals surface area contributed by atoms with Crippen LogP contribution in [0.4, 0.5) is 13.2 Å². The standard InChI is InChI=1S/C14H9F3N2O5/c1-2-23-11(21)8-5-7-9(13(18-19-13)14(15,16)17)3-6(20)4-10(7)24-12(8)22/h3-5,20H,2H2,1H3. The van der Waals surface area contributed by atoms with Gasteiger partial charge in [0.05, 0.1) is 6.61 Å². The van der Waals surface area contributed by atoms with Gasteiger partial charge in [0, 0.05) is 17.0 Å². The maximum absolute atomic E-state index is 13.2. The predicted molar refractivity (Wildman–Crippen MR) is 72.7 cm³/mol. The fraction of sp³-hybridized carbons (Fsp3) is 0.286. The maximum Gasteiger partial charge on any atom is 0.442 e. The minimum Gasteiger partial charge on any atom is -0.508 e. The Balaban J connectivity index is 2.29. The van der Waals surface area contributed by atoms with E-state index in [4.69, 9.17) is 4.42 Å². The van der Waals surface area contributed by atoms with Crippen LogP contribution in [0.2, 0.25) is 0 Å². The molecule has 0 spiro atoms. The van der Waals surface area contributed by atoms with Crippen molar-refractivity contribution in [1.29, 1.82) is 0 Å². The summed E-state index contributed by atoms with van der Waals surface area (Å²) in [5.41, 5.74) is -5.38. The van der Waals surface area contributed by atoms with Gasteiger partial charge in [0.2, 0.25) is 0 Å². The number of aromatic hydroxyl groups is 1. The van der Waals surface area contributed by atoms with Gasteiger partial charge in [-0.25, -0.2) is 9.59 Å². The molecule has 24 heavy (non-hydrogen) atoms. The van der Waals surface area contributed by atoms with E-state index >= 15 is 0 Å². The lowest BCUT2D eigenvalue weighted by Gasteiger charge is -2.17. The van der Waals surface area contributed by atoms with Crippen LogP contribution in [0, 0.1) is 0 Å². The summed E-state index contributed by atoms with van der Waals surface area (Å²) in [6.45, 7) is 1.47. The molecule has 1 aliphatic heterocycles. The first kappa shape index (κ1) is 16.0. The van der Waals surface area contributed by atoms with Crippen LogP contribution in [0.3, 0.4) is 0 Å². The second-order valence-electron chi connectivity index (χ2n) is 4.94. The van der Waals surface area contributed by atoms with Crippen LogP contribution in [0.25, 0.3) is 11.0 Å². The van der Waals surface area contributed by atoms with Gasteiger partial charge in [-0.05, 0) is 19.1 Å². The molecule has 0 fully saturated rings. The summed E-state index contributed by atoms with van der Waals surface area (Å²) < 4.78 is 49.3. The van der Waals surface area contributed by atoms with E-state index in [0.717, 1.165) is 18.2 Å². The summed E-state index contributed by atoms with van der Waals surface area (Å²) in [4.78, 5) is 23.6. The molecule has 0 saturated carbocycles. The van der Waals surface area contributed by atoms with E-state index in [2.05, 4.69) is 15.0 Å². The molecule has 0 bridgehead atoms. The van der Waals surface area contributed by atoms with Crippen molar-refractivity contribution in [2.24, 2.45) is 10.2 Å². The Labute approximate surface area is 131 Å². The first-order valence-electron chi connectivity index (χ1n) is 6.69. The molecule has 0 saturated heterocycles. The smallest absolute Gasteiger partial charge is 0.442 e. The number of carbonyl (C=O) groups excluding carboxylic acids is 1. The number of nitrogens with zero attached hydrogens (tertiary/aromatic N) is 2. The van der Waals surface area contributed by atoms with Gasteiger partial charge >= 0.3 is 23.4 Å². The van der Waals surface area contributed by atoms with Crippen molar-refractivity contribution in [3.63, 3.8) is 0 Å². The number of benzene rings is 1. The highest BCUT2D eigenvalue weighted by atomic mass is 19.4. The van der Waals surface area contributed by atoms with Crippen molar-refractivity contribution >= 4 is 16.9 Å². The normalized spacial score (nSPS) is 15.5. The number of ether oxygens (including phenoxy) is 1. The quantitative estimate of drug-likeness (QED) is 0.683. The van der Waals surface area contributed by atoms with E-state index in [0.29, 0.717) is 0 Å². The van der Waals surface area contributed by atoms with Gasteiger partial charge < -0.3 is 14.3 Å². The fourth-order valence-corrected chi connectivity index (χ4v) is 2.27. The minimum atomic E-state index is -4.85. The van der Waals surface area contributed by atoms with Gasteiger partial charge in [-0.3, -0.25) is 0 Å². The molecule has 1 aliphatic rings. The summed E-state index contributed by atoms with van der Waals surface area (Å²) in [5, 5.41) is 15.5. The summed E-state index contributed by atoms with van der Waals surface area (Å²) in [6.07, 6.45) is -4.85. The zero-order chi connectivity index (χ0) is 17.7. The topological polar surface area (TPSA) is 101 Å². The highest BCUT2D eigenvalue weighted by Gasteiger charge is 2.66. The second-order valence-corrected chi connectivity index (χ2v) is 4.94. The van der Waals surface area contributed by atoms with Crippen LogP contribution in [0.5, 0.6) is 5.75 Å². The number of halogens is 3. The maximum atomic E-state index is 13.2. The van der Waals surface area contributed by atoms with Crippen LogP contribution >= 0.6 is 0 Å².